The lowest BCUT2D eigenvalue weighted by atomic mass is 9.90. The lowest BCUT2D eigenvalue weighted by molar-refractivity contribution is 0.685. The van der Waals surface area contributed by atoms with Crippen LogP contribution in [0.1, 0.15) is 61.8 Å². The Morgan fingerprint density at radius 2 is 1.57 bits per heavy atom. The molecular formula is C21H26N2. The highest BCUT2D eigenvalue weighted by Crippen LogP contribution is 2.40. The predicted octanol–water partition coefficient (Wildman–Crippen LogP) is 5.11. The molecular weight excluding hydrogens is 280 g/mol. The molecule has 120 valence electrons. The molecule has 0 unspecified atom stereocenters. The van der Waals surface area contributed by atoms with Crippen LogP contribution in [0.4, 0.5) is 11.4 Å². The molecule has 2 heterocycles. The Balaban J connectivity index is 1.66. The smallest absolute Gasteiger partial charge is 0.0381 e. The van der Waals surface area contributed by atoms with Crippen molar-refractivity contribution in [3.05, 3.63) is 58.7 Å². The first kappa shape index (κ1) is 14.6. The molecule has 2 aromatic carbocycles. The SMILES string of the molecule is C[C@@H]1Nc2cccc(Cc3ccc4c(c3)N[C@H](C)[C@@H]4C)c2[C@@H]1C. The molecule has 0 spiro atoms. The van der Waals surface area contributed by atoms with Crippen LogP contribution in [0.15, 0.2) is 36.4 Å². The number of rotatable bonds is 2. The lowest BCUT2D eigenvalue weighted by Crippen LogP contribution is -2.13. The molecule has 0 bridgehead atoms. The molecule has 0 aromatic heterocycles. The molecule has 0 saturated carbocycles. The first-order valence-electron chi connectivity index (χ1n) is 8.82. The summed E-state index contributed by atoms with van der Waals surface area (Å²) in [6, 6.07) is 14.7. The first-order chi connectivity index (χ1) is 11.0. The van der Waals surface area contributed by atoms with Crippen molar-refractivity contribution in [2.24, 2.45) is 0 Å². The maximum atomic E-state index is 3.63. The average Bonchev–Trinajstić information content (AvgIpc) is 2.97. The van der Waals surface area contributed by atoms with E-state index in [1.54, 1.807) is 0 Å². The number of hydrogen-bond donors (Lipinski definition) is 2. The van der Waals surface area contributed by atoms with E-state index in [0.717, 1.165) is 6.42 Å². The Morgan fingerprint density at radius 3 is 2.39 bits per heavy atom. The third-order valence-corrected chi connectivity index (χ3v) is 5.92. The van der Waals surface area contributed by atoms with Crippen LogP contribution in [0.5, 0.6) is 0 Å². The normalized spacial score (nSPS) is 28.0. The van der Waals surface area contributed by atoms with Gasteiger partial charge < -0.3 is 10.6 Å². The lowest BCUT2D eigenvalue weighted by Gasteiger charge is -2.14. The molecule has 4 rings (SSSR count). The third kappa shape index (κ3) is 2.32. The molecule has 2 aliphatic rings. The number of nitrogens with one attached hydrogen (secondary N) is 2. The van der Waals surface area contributed by atoms with Crippen LogP contribution in [0, 0.1) is 0 Å². The van der Waals surface area contributed by atoms with Crippen molar-refractivity contribution in [1.82, 2.24) is 0 Å². The zero-order valence-corrected chi connectivity index (χ0v) is 14.5. The molecule has 0 amide bonds. The highest BCUT2D eigenvalue weighted by Gasteiger charge is 2.28. The van der Waals surface area contributed by atoms with E-state index in [1.165, 1.54) is 33.6 Å². The fourth-order valence-corrected chi connectivity index (χ4v) is 4.15. The summed E-state index contributed by atoms with van der Waals surface area (Å²) in [7, 11) is 0. The van der Waals surface area contributed by atoms with Crippen LogP contribution in [-0.4, -0.2) is 12.1 Å². The van der Waals surface area contributed by atoms with E-state index in [-0.39, 0.29) is 0 Å². The molecule has 2 aromatic rings. The van der Waals surface area contributed by atoms with E-state index >= 15 is 0 Å². The molecule has 4 atom stereocenters. The van der Waals surface area contributed by atoms with E-state index in [9.17, 15) is 0 Å². The Labute approximate surface area is 139 Å². The van der Waals surface area contributed by atoms with Gasteiger partial charge >= 0.3 is 0 Å². The molecule has 0 saturated heterocycles. The predicted molar refractivity (Wildman–Crippen MR) is 98.7 cm³/mol. The van der Waals surface area contributed by atoms with Crippen LogP contribution in [-0.2, 0) is 6.42 Å². The monoisotopic (exact) mass is 306 g/mol. The van der Waals surface area contributed by atoms with Gasteiger partial charge in [-0.3, -0.25) is 0 Å². The van der Waals surface area contributed by atoms with Gasteiger partial charge in [-0.1, -0.05) is 38.1 Å². The van der Waals surface area contributed by atoms with Gasteiger partial charge in [-0.2, -0.15) is 0 Å². The van der Waals surface area contributed by atoms with Gasteiger partial charge in [0.15, 0.2) is 0 Å². The van der Waals surface area contributed by atoms with Gasteiger partial charge in [-0.05, 0) is 54.7 Å². The number of fused-ring (bicyclic) bond motifs is 2. The fourth-order valence-electron chi connectivity index (χ4n) is 4.15. The number of anilines is 2. The van der Waals surface area contributed by atoms with Crippen molar-refractivity contribution in [3.8, 4) is 0 Å². The summed E-state index contributed by atoms with van der Waals surface area (Å²) in [6.07, 6.45) is 1.01. The Kier molecular flexibility index (Phi) is 3.37. The van der Waals surface area contributed by atoms with Crippen molar-refractivity contribution >= 4 is 11.4 Å². The van der Waals surface area contributed by atoms with Crippen molar-refractivity contribution in [3.63, 3.8) is 0 Å². The van der Waals surface area contributed by atoms with Crippen molar-refractivity contribution in [2.75, 3.05) is 10.6 Å². The van der Waals surface area contributed by atoms with Gasteiger partial charge in [0, 0.05) is 35.3 Å². The highest BCUT2D eigenvalue weighted by molar-refractivity contribution is 5.64. The molecule has 0 fully saturated rings. The van der Waals surface area contributed by atoms with Crippen molar-refractivity contribution < 1.29 is 0 Å². The average molecular weight is 306 g/mol. The first-order valence-corrected chi connectivity index (χ1v) is 8.82. The maximum absolute atomic E-state index is 3.63. The van der Waals surface area contributed by atoms with Gasteiger partial charge in [0.1, 0.15) is 0 Å². The van der Waals surface area contributed by atoms with E-state index in [1.807, 2.05) is 0 Å². The van der Waals surface area contributed by atoms with Crippen LogP contribution < -0.4 is 10.6 Å². The van der Waals surface area contributed by atoms with E-state index in [4.69, 9.17) is 0 Å². The second-order valence-electron chi connectivity index (χ2n) is 7.42. The molecule has 2 nitrogen and oxygen atoms in total. The van der Waals surface area contributed by atoms with Crippen LogP contribution in [0.3, 0.4) is 0 Å². The third-order valence-electron chi connectivity index (χ3n) is 5.92. The summed E-state index contributed by atoms with van der Waals surface area (Å²) in [5, 5.41) is 7.24. The summed E-state index contributed by atoms with van der Waals surface area (Å²) in [4.78, 5) is 0. The van der Waals surface area contributed by atoms with Crippen molar-refractivity contribution in [2.45, 2.75) is 58.0 Å². The number of hydrogen-bond acceptors (Lipinski definition) is 2. The molecule has 2 N–H and O–H groups in total. The molecule has 2 aliphatic heterocycles. The molecule has 0 radical (unpaired) electrons. The van der Waals surface area contributed by atoms with Crippen LogP contribution in [0.2, 0.25) is 0 Å². The van der Waals surface area contributed by atoms with E-state index in [0.29, 0.717) is 23.9 Å². The van der Waals surface area contributed by atoms with Gasteiger partial charge in [-0.15, -0.1) is 0 Å². The number of benzene rings is 2. The van der Waals surface area contributed by atoms with Crippen LogP contribution in [0.25, 0.3) is 0 Å². The zero-order chi connectivity index (χ0) is 16.1. The Hall–Kier alpha value is -1.96. The van der Waals surface area contributed by atoms with Crippen LogP contribution >= 0.6 is 0 Å². The van der Waals surface area contributed by atoms with Gasteiger partial charge in [0.25, 0.3) is 0 Å². The Morgan fingerprint density at radius 1 is 0.826 bits per heavy atom. The minimum Gasteiger partial charge on any atom is -0.382 e. The van der Waals surface area contributed by atoms with Gasteiger partial charge in [-0.25, -0.2) is 0 Å². The molecule has 23 heavy (non-hydrogen) atoms. The van der Waals surface area contributed by atoms with E-state index in [2.05, 4.69) is 74.7 Å². The summed E-state index contributed by atoms with van der Waals surface area (Å²) >= 11 is 0. The zero-order valence-electron chi connectivity index (χ0n) is 14.5. The summed E-state index contributed by atoms with van der Waals surface area (Å²) in [5.74, 6) is 1.18. The molecule has 0 aliphatic carbocycles. The van der Waals surface area contributed by atoms with E-state index < -0.39 is 0 Å². The summed E-state index contributed by atoms with van der Waals surface area (Å²) in [5.41, 5.74) is 8.49. The second kappa shape index (κ2) is 5.30. The fraction of sp³-hybridized carbons (Fsp3) is 0.429. The maximum Gasteiger partial charge on any atom is 0.0381 e. The van der Waals surface area contributed by atoms with Crippen molar-refractivity contribution in [1.29, 1.82) is 0 Å². The highest BCUT2D eigenvalue weighted by atomic mass is 15.0. The molecule has 2 heteroatoms. The quantitative estimate of drug-likeness (QED) is 0.805. The largest absolute Gasteiger partial charge is 0.382 e. The summed E-state index contributed by atoms with van der Waals surface area (Å²) in [6.45, 7) is 9.18. The minimum atomic E-state index is 0.523. The van der Waals surface area contributed by atoms with Gasteiger partial charge in [0.2, 0.25) is 0 Å². The van der Waals surface area contributed by atoms with Gasteiger partial charge in [0.05, 0.1) is 0 Å². The summed E-state index contributed by atoms with van der Waals surface area (Å²) < 4.78 is 0. The topological polar surface area (TPSA) is 24.1 Å². The standard InChI is InChI=1S/C21H26N2/c1-12-14(3)23-20-11-16(8-9-18(12)20)10-17-6-5-7-19-21(17)13(2)15(4)22-19/h5-9,11-15,22-23H,10H2,1-4H3/t12-,13+,14+,15-/m0/s1. The minimum absolute atomic E-state index is 0.523. The second-order valence-corrected chi connectivity index (χ2v) is 7.42. The Bertz CT molecular complexity index is 750.